The summed E-state index contributed by atoms with van der Waals surface area (Å²) in [6, 6.07) is 1.36. The first-order valence-corrected chi connectivity index (χ1v) is 10.5. The van der Waals surface area contributed by atoms with Crippen molar-refractivity contribution in [3.8, 4) is 0 Å². The van der Waals surface area contributed by atoms with Gasteiger partial charge in [0.15, 0.2) is 5.16 Å². The van der Waals surface area contributed by atoms with Crippen LogP contribution in [0.2, 0.25) is 0 Å². The van der Waals surface area contributed by atoms with Gasteiger partial charge in [0, 0.05) is 24.4 Å². The molecule has 0 saturated heterocycles. The van der Waals surface area contributed by atoms with Crippen LogP contribution >= 0.6 is 11.8 Å². The molecule has 0 amide bonds. The molecule has 0 bridgehead atoms. The molecule has 0 radical (unpaired) electrons. The molecule has 0 aliphatic rings. The van der Waals surface area contributed by atoms with Crippen LogP contribution in [-0.2, 0) is 14.3 Å². The largest absolute Gasteiger partial charge is 0.459 e. The Balaban J connectivity index is 2.46. The molecule has 1 rings (SSSR count). The average Bonchev–Trinajstić information content (AvgIpc) is 2.64. The van der Waals surface area contributed by atoms with E-state index in [1.807, 2.05) is 13.8 Å². The van der Waals surface area contributed by atoms with E-state index in [0.29, 0.717) is 23.9 Å². The van der Waals surface area contributed by atoms with Crippen molar-refractivity contribution < 1.29 is 14.3 Å². The fourth-order valence-corrected chi connectivity index (χ4v) is 3.45. The van der Waals surface area contributed by atoms with Crippen molar-refractivity contribution in [2.75, 3.05) is 12.4 Å². The van der Waals surface area contributed by atoms with Crippen molar-refractivity contribution in [1.82, 2.24) is 9.97 Å². The number of nitrogens with zero attached hydrogens (tertiary/aromatic N) is 1. The van der Waals surface area contributed by atoms with E-state index in [-0.39, 0.29) is 24.1 Å². The van der Waals surface area contributed by atoms with Gasteiger partial charge in [-0.15, -0.1) is 0 Å². The third-order valence-electron chi connectivity index (χ3n) is 4.63. The molecule has 1 N–H and O–H groups in total. The van der Waals surface area contributed by atoms with Gasteiger partial charge >= 0.3 is 5.97 Å². The van der Waals surface area contributed by atoms with Crippen molar-refractivity contribution >= 4 is 17.7 Å². The molecule has 1 heterocycles. The second kappa shape index (κ2) is 12.1. The highest BCUT2D eigenvalue weighted by Gasteiger charge is 2.30. The Morgan fingerprint density at radius 1 is 1.27 bits per heavy atom. The maximum Gasteiger partial charge on any atom is 0.307 e. The smallest absolute Gasteiger partial charge is 0.307 e. The number of aromatic amines is 1. The minimum atomic E-state index is -0.465. The van der Waals surface area contributed by atoms with Crippen molar-refractivity contribution in [1.29, 1.82) is 0 Å². The molecular formula is C19H32N2O4S. The van der Waals surface area contributed by atoms with Gasteiger partial charge in [-0.05, 0) is 25.7 Å². The highest BCUT2D eigenvalue weighted by molar-refractivity contribution is 7.99. The highest BCUT2D eigenvalue weighted by atomic mass is 32.2. The van der Waals surface area contributed by atoms with E-state index in [9.17, 15) is 9.59 Å². The van der Waals surface area contributed by atoms with Crippen LogP contribution < -0.4 is 5.56 Å². The Morgan fingerprint density at radius 2 is 1.96 bits per heavy atom. The van der Waals surface area contributed by atoms with Crippen LogP contribution in [0.15, 0.2) is 22.2 Å². The normalized spacial score (nSPS) is 11.7. The molecule has 7 heteroatoms. The number of nitrogens with one attached hydrogen (secondary N) is 1. The van der Waals surface area contributed by atoms with Gasteiger partial charge in [0.1, 0.15) is 5.60 Å². The lowest BCUT2D eigenvalue weighted by molar-refractivity contribution is -0.163. The number of carbonyl (C=O) groups excluding carboxylic acids is 1. The van der Waals surface area contributed by atoms with Crippen molar-refractivity contribution in [2.24, 2.45) is 0 Å². The summed E-state index contributed by atoms with van der Waals surface area (Å²) < 4.78 is 11.7. The lowest BCUT2D eigenvalue weighted by Gasteiger charge is -2.32. The zero-order valence-corrected chi connectivity index (χ0v) is 17.2. The van der Waals surface area contributed by atoms with Gasteiger partial charge in [0.2, 0.25) is 0 Å². The van der Waals surface area contributed by atoms with Crippen LogP contribution in [-0.4, -0.2) is 40.0 Å². The number of ether oxygens (including phenoxy) is 2. The van der Waals surface area contributed by atoms with Gasteiger partial charge in [0.25, 0.3) is 5.56 Å². The topological polar surface area (TPSA) is 81.3 Å². The van der Waals surface area contributed by atoms with E-state index in [1.165, 1.54) is 24.0 Å². The highest BCUT2D eigenvalue weighted by Crippen LogP contribution is 2.26. The summed E-state index contributed by atoms with van der Waals surface area (Å²) in [6.45, 7) is 8.93. The predicted octanol–water partition coefficient (Wildman–Crippen LogP) is 3.95. The summed E-state index contributed by atoms with van der Waals surface area (Å²) in [5.41, 5.74) is -0.661. The second-order valence-electron chi connectivity index (χ2n) is 6.26. The molecule has 6 nitrogen and oxygen atoms in total. The van der Waals surface area contributed by atoms with Crippen LogP contribution in [0.25, 0.3) is 0 Å². The van der Waals surface area contributed by atoms with Gasteiger partial charge < -0.3 is 14.5 Å². The molecule has 148 valence electrons. The number of aromatic nitrogens is 2. The SMILES string of the molecule is CCC(CC)OCCC(CC)(CC)OC(=O)CCSc1nccc(=O)[nH]1. The maximum atomic E-state index is 12.3. The van der Waals surface area contributed by atoms with E-state index < -0.39 is 5.60 Å². The van der Waals surface area contributed by atoms with Crippen LogP contribution in [0.4, 0.5) is 0 Å². The Hall–Kier alpha value is -1.34. The van der Waals surface area contributed by atoms with Crippen molar-refractivity contribution in [2.45, 2.75) is 83.1 Å². The van der Waals surface area contributed by atoms with Gasteiger partial charge in [-0.2, -0.15) is 0 Å². The van der Waals surface area contributed by atoms with Gasteiger partial charge in [-0.1, -0.05) is 39.5 Å². The van der Waals surface area contributed by atoms with E-state index in [1.54, 1.807) is 0 Å². The summed E-state index contributed by atoms with van der Waals surface area (Å²) in [6.07, 6.45) is 6.24. The molecule has 0 aliphatic carbocycles. The van der Waals surface area contributed by atoms with E-state index in [4.69, 9.17) is 9.47 Å². The molecule has 0 atom stereocenters. The van der Waals surface area contributed by atoms with Crippen LogP contribution in [0.5, 0.6) is 0 Å². The Kier molecular flexibility index (Phi) is 10.6. The molecule has 1 aromatic heterocycles. The Labute approximate surface area is 160 Å². The summed E-state index contributed by atoms with van der Waals surface area (Å²) in [5.74, 6) is 0.293. The number of rotatable bonds is 13. The first-order chi connectivity index (χ1) is 12.5. The van der Waals surface area contributed by atoms with E-state index in [2.05, 4.69) is 23.8 Å². The molecular weight excluding hydrogens is 352 g/mol. The summed E-state index contributed by atoms with van der Waals surface area (Å²) in [5, 5.41) is 0.515. The molecule has 0 aliphatic heterocycles. The summed E-state index contributed by atoms with van der Waals surface area (Å²) in [4.78, 5) is 30.2. The van der Waals surface area contributed by atoms with E-state index >= 15 is 0 Å². The lowest BCUT2D eigenvalue weighted by atomic mass is 9.93. The fraction of sp³-hybridized carbons (Fsp3) is 0.737. The summed E-state index contributed by atoms with van der Waals surface area (Å²) >= 11 is 1.34. The number of thioether (sulfide) groups is 1. The van der Waals surface area contributed by atoms with Crippen molar-refractivity contribution in [3.05, 3.63) is 22.6 Å². The van der Waals surface area contributed by atoms with Crippen LogP contribution in [0, 0.1) is 0 Å². The molecule has 26 heavy (non-hydrogen) atoms. The van der Waals surface area contributed by atoms with Crippen LogP contribution in [0.1, 0.15) is 66.2 Å². The number of H-pyrrole nitrogens is 1. The van der Waals surface area contributed by atoms with Gasteiger partial charge in [0.05, 0.1) is 19.1 Å². The average molecular weight is 385 g/mol. The third kappa shape index (κ3) is 7.91. The molecule has 0 unspecified atom stereocenters. The first-order valence-electron chi connectivity index (χ1n) is 9.50. The third-order valence-corrected chi connectivity index (χ3v) is 5.52. The zero-order chi connectivity index (χ0) is 19.4. The van der Waals surface area contributed by atoms with Crippen molar-refractivity contribution in [3.63, 3.8) is 0 Å². The lowest BCUT2D eigenvalue weighted by Crippen LogP contribution is -2.36. The number of hydrogen-bond donors (Lipinski definition) is 1. The van der Waals surface area contributed by atoms with Gasteiger partial charge in [-0.3, -0.25) is 9.59 Å². The van der Waals surface area contributed by atoms with Crippen LogP contribution in [0.3, 0.4) is 0 Å². The minimum absolute atomic E-state index is 0.196. The van der Waals surface area contributed by atoms with Gasteiger partial charge in [-0.25, -0.2) is 4.98 Å². The predicted molar refractivity (Wildman–Crippen MR) is 105 cm³/mol. The Bertz CT molecular complexity index is 583. The Morgan fingerprint density at radius 3 is 2.54 bits per heavy atom. The summed E-state index contributed by atoms with van der Waals surface area (Å²) in [7, 11) is 0. The molecule has 0 fully saturated rings. The maximum absolute atomic E-state index is 12.3. The molecule has 1 aromatic rings. The van der Waals surface area contributed by atoms with E-state index in [0.717, 1.165) is 25.7 Å². The standard InChI is InChI=1S/C19H32N2O4S/c1-5-15(6-2)24-13-11-19(7-3,8-4)25-17(23)10-14-26-18-20-12-9-16(22)21-18/h9,12,15H,5-8,10-11,13-14H2,1-4H3,(H,20,21,22). The second-order valence-corrected chi connectivity index (χ2v) is 7.34. The zero-order valence-electron chi connectivity index (χ0n) is 16.4. The molecule has 0 saturated carbocycles. The monoisotopic (exact) mass is 384 g/mol. The number of carbonyl (C=O) groups is 1. The molecule has 0 spiro atoms. The fourth-order valence-electron chi connectivity index (χ4n) is 2.68. The quantitative estimate of drug-likeness (QED) is 0.315. The molecule has 0 aromatic carbocycles. The first kappa shape index (κ1) is 22.7. The number of esters is 1. The number of hydrogen-bond acceptors (Lipinski definition) is 6. The minimum Gasteiger partial charge on any atom is -0.459 e.